The van der Waals surface area contributed by atoms with Gasteiger partial charge in [0.2, 0.25) is 0 Å². The molecule has 0 bridgehead atoms. The minimum Gasteiger partial charge on any atom is -0.398 e. The second-order valence-electron chi connectivity index (χ2n) is 3.43. The minimum absolute atomic E-state index is 0.783. The molecule has 0 saturated carbocycles. The van der Waals surface area contributed by atoms with Crippen molar-refractivity contribution in [1.29, 1.82) is 0 Å². The van der Waals surface area contributed by atoms with Gasteiger partial charge in [0.25, 0.3) is 0 Å². The molecule has 0 amide bonds. The van der Waals surface area contributed by atoms with Crippen LogP contribution in [0, 0.1) is 20.8 Å². The Morgan fingerprint density at radius 1 is 1.31 bits per heavy atom. The zero-order valence-corrected chi connectivity index (χ0v) is 8.13. The highest BCUT2D eigenvalue weighted by molar-refractivity contribution is 5.56. The molecule has 3 heteroatoms. The second-order valence-corrected chi connectivity index (χ2v) is 3.43. The first-order valence-electron chi connectivity index (χ1n) is 4.31. The van der Waals surface area contributed by atoms with Gasteiger partial charge in [-0.25, -0.2) is 4.98 Å². The summed E-state index contributed by atoms with van der Waals surface area (Å²) < 4.78 is 2.04. The van der Waals surface area contributed by atoms with Crippen LogP contribution in [0.1, 0.15) is 17.0 Å². The number of nitrogen functional groups attached to an aromatic ring is 1. The van der Waals surface area contributed by atoms with Gasteiger partial charge >= 0.3 is 0 Å². The van der Waals surface area contributed by atoms with E-state index in [0.29, 0.717) is 0 Å². The molecule has 68 valence electrons. The molecule has 0 aliphatic carbocycles. The molecular weight excluding hydrogens is 162 g/mol. The Hall–Kier alpha value is -1.51. The number of hydrogen-bond acceptors (Lipinski definition) is 2. The highest BCUT2D eigenvalue weighted by atomic mass is 15.0. The summed E-state index contributed by atoms with van der Waals surface area (Å²) in [5.41, 5.74) is 10.9. The van der Waals surface area contributed by atoms with Crippen LogP contribution in [0.4, 0.5) is 5.69 Å². The molecular formula is C10H13N3. The minimum atomic E-state index is 0.783. The van der Waals surface area contributed by atoms with Crippen molar-refractivity contribution in [2.75, 3.05) is 5.73 Å². The quantitative estimate of drug-likeness (QED) is 0.664. The van der Waals surface area contributed by atoms with Crippen molar-refractivity contribution >= 4 is 11.3 Å². The van der Waals surface area contributed by atoms with Gasteiger partial charge in [-0.05, 0) is 32.4 Å². The molecule has 2 heterocycles. The topological polar surface area (TPSA) is 43.3 Å². The fourth-order valence-corrected chi connectivity index (χ4v) is 1.56. The van der Waals surface area contributed by atoms with Gasteiger partial charge in [0.05, 0.1) is 5.69 Å². The smallest absolute Gasteiger partial charge is 0.140 e. The number of rotatable bonds is 0. The van der Waals surface area contributed by atoms with Crippen LogP contribution in [0.15, 0.2) is 12.3 Å². The lowest BCUT2D eigenvalue weighted by molar-refractivity contribution is 1.09. The predicted octanol–water partition coefficient (Wildman–Crippen LogP) is 1.84. The van der Waals surface area contributed by atoms with E-state index < -0.39 is 0 Å². The molecule has 0 aromatic carbocycles. The van der Waals surface area contributed by atoms with Crippen LogP contribution in [0.5, 0.6) is 0 Å². The fourth-order valence-electron chi connectivity index (χ4n) is 1.56. The largest absolute Gasteiger partial charge is 0.398 e. The van der Waals surface area contributed by atoms with Crippen LogP contribution in [0.2, 0.25) is 0 Å². The van der Waals surface area contributed by atoms with Crippen LogP contribution in [-0.2, 0) is 0 Å². The second kappa shape index (κ2) is 2.49. The third kappa shape index (κ3) is 1.08. The van der Waals surface area contributed by atoms with Crippen molar-refractivity contribution < 1.29 is 0 Å². The molecule has 0 spiro atoms. The van der Waals surface area contributed by atoms with Crippen molar-refractivity contribution in [1.82, 2.24) is 9.38 Å². The monoisotopic (exact) mass is 175 g/mol. The van der Waals surface area contributed by atoms with E-state index in [1.165, 1.54) is 0 Å². The Morgan fingerprint density at radius 2 is 2.00 bits per heavy atom. The van der Waals surface area contributed by atoms with Crippen molar-refractivity contribution in [3.8, 4) is 0 Å². The normalized spacial score (nSPS) is 11.0. The van der Waals surface area contributed by atoms with Gasteiger partial charge in [0.1, 0.15) is 5.65 Å². The standard InChI is InChI=1S/C10H13N3/c1-6-4-9(11)5-13-8(3)7(2)12-10(6)13/h4-5H,11H2,1-3H3. The first-order chi connectivity index (χ1) is 6.09. The maximum Gasteiger partial charge on any atom is 0.140 e. The molecule has 2 aromatic heterocycles. The molecule has 0 atom stereocenters. The van der Waals surface area contributed by atoms with Gasteiger partial charge in [0.15, 0.2) is 0 Å². The number of aryl methyl sites for hydroxylation is 3. The molecule has 13 heavy (non-hydrogen) atoms. The zero-order valence-electron chi connectivity index (χ0n) is 8.13. The van der Waals surface area contributed by atoms with Crippen molar-refractivity contribution in [3.05, 3.63) is 29.2 Å². The van der Waals surface area contributed by atoms with E-state index in [4.69, 9.17) is 5.73 Å². The fraction of sp³-hybridized carbons (Fsp3) is 0.300. The molecule has 0 radical (unpaired) electrons. The van der Waals surface area contributed by atoms with Gasteiger partial charge in [-0.3, -0.25) is 0 Å². The van der Waals surface area contributed by atoms with Gasteiger partial charge in [-0.2, -0.15) is 0 Å². The lowest BCUT2D eigenvalue weighted by Gasteiger charge is -2.01. The maximum absolute atomic E-state index is 5.75. The van der Waals surface area contributed by atoms with Crippen LogP contribution in [0.25, 0.3) is 5.65 Å². The Morgan fingerprint density at radius 3 is 2.69 bits per heavy atom. The molecule has 0 saturated heterocycles. The van der Waals surface area contributed by atoms with Crippen LogP contribution in [0.3, 0.4) is 0 Å². The average Bonchev–Trinajstić information content (AvgIpc) is 2.32. The molecule has 3 nitrogen and oxygen atoms in total. The maximum atomic E-state index is 5.75. The number of fused-ring (bicyclic) bond motifs is 1. The highest BCUT2D eigenvalue weighted by Gasteiger charge is 2.06. The number of aromatic nitrogens is 2. The summed E-state index contributed by atoms with van der Waals surface area (Å²) in [6.07, 6.45) is 1.91. The molecule has 2 N–H and O–H groups in total. The molecule has 2 aromatic rings. The number of nitrogens with zero attached hydrogens (tertiary/aromatic N) is 2. The summed E-state index contributed by atoms with van der Waals surface area (Å²) >= 11 is 0. The van der Waals surface area contributed by atoms with Gasteiger partial charge < -0.3 is 10.1 Å². The van der Waals surface area contributed by atoms with Crippen molar-refractivity contribution in [2.24, 2.45) is 0 Å². The van der Waals surface area contributed by atoms with Gasteiger partial charge in [-0.15, -0.1) is 0 Å². The van der Waals surface area contributed by atoms with E-state index in [-0.39, 0.29) is 0 Å². The van der Waals surface area contributed by atoms with E-state index in [9.17, 15) is 0 Å². The summed E-state index contributed by atoms with van der Waals surface area (Å²) in [5, 5.41) is 0. The zero-order chi connectivity index (χ0) is 9.59. The number of pyridine rings is 1. The van der Waals surface area contributed by atoms with Crippen molar-refractivity contribution in [3.63, 3.8) is 0 Å². The van der Waals surface area contributed by atoms with Gasteiger partial charge in [0, 0.05) is 17.6 Å². The summed E-state index contributed by atoms with van der Waals surface area (Å²) in [7, 11) is 0. The SMILES string of the molecule is Cc1nc2c(C)cc(N)cn2c1C. The summed E-state index contributed by atoms with van der Waals surface area (Å²) in [6, 6.07) is 1.95. The van der Waals surface area contributed by atoms with Gasteiger partial charge in [-0.1, -0.05) is 0 Å². The first-order valence-corrected chi connectivity index (χ1v) is 4.31. The number of nitrogens with two attached hydrogens (primary N) is 1. The summed E-state index contributed by atoms with van der Waals surface area (Å²) in [5.74, 6) is 0. The first kappa shape index (κ1) is 8.10. The highest BCUT2D eigenvalue weighted by Crippen LogP contribution is 2.17. The number of anilines is 1. The predicted molar refractivity (Wildman–Crippen MR) is 53.8 cm³/mol. The molecule has 0 aliphatic heterocycles. The summed E-state index contributed by atoms with van der Waals surface area (Å²) in [4.78, 5) is 4.46. The molecule has 0 unspecified atom stereocenters. The van der Waals surface area contributed by atoms with E-state index >= 15 is 0 Å². The van der Waals surface area contributed by atoms with E-state index in [1.54, 1.807) is 0 Å². The lowest BCUT2D eigenvalue weighted by Crippen LogP contribution is -1.94. The van der Waals surface area contributed by atoms with E-state index in [1.807, 2.05) is 37.4 Å². The lowest BCUT2D eigenvalue weighted by atomic mass is 10.3. The Kier molecular flexibility index (Phi) is 1.55. The third-order valence-corrected chi connectivity index (χ3v) is 2.40. The average molecular weight is 175 g/mol. The third-order valence-electron chi connectivity index (χ3n) is 2.40. The summed E-state index contributed by atoms with van der Waals surface area (Å²) in [6.45, 7) is 6.09. The Bertz CT molecular complexity index is 468. The number of hydrogen-bond donors (Lipinski definition) is 1. The molecule has 2 rings (SSSR count). The molecule has 0 aliphatic rings. The van der Waals surface area contributed by atoms with E-state index in [0.717, 1.165) is 28.3 Å². The van der Waals surface area contributed by atoms with Crippen LogP contribution >= 0.6 is 0 Å². The van der Waals surface area contributed by atoms with Crippen LogP contribution < -0.4 is 5.73 Å². The van der Waals surface area contributed by atoms with Crippen molar-refractivity contribution in [2.45, 2.75) is 20.8 Å². The van der Waals surface area contributed by atoms with Crippen LogP contribution in [-0.4, -0.2) is 9.38 Å². The Balaban J connectivity index is 2.94. The van der Waals surface area contributed by atoms with E-state index in [2.05, 4.69) is 4.98 Å². The number of imidazole rings is 1. The molecule has 0 fully saturated rings. The Labute approximate surface area is 77.2 Å².